The Morgan fingerprint density at radius 1 is 0.783 bits per heavy atom. The lowest BCUT2D eigenvalue weighted by Crippen LogP contribution is -2.66. The second-order valence-corrected chi connectivity index (χ2v) is 17.3. The summed E-state index contributed by atoms with van der Waals surface area (Å²) in [6.07, 6.45) is 1.76. The second-order valence-electron chi connectivity index (χ2n) is 13.0. The molecule has 1 heterocycles. The summed E-state index contributed by atoms with van der Waals surface area (Å²) in [5.74, 6) is 0.469. The normalized spacial score (nSPS) is 13.8. The van der Waals surface area contributed by atoms with Crippen LogP contribution in [0.3, 0.4) is 0 Å². The van der Waals surface area contributed by atoms with E-state index in [-0.39, 0.29) is 29.5 Å². The number of carbonyl (C=O) groups is 2. The largest absolute Gasteiger partial charge is 0.467 e. The van der Waals surface area contributed by atoms with E-state index in [9.17, 15) is 9.59 Å². The van der Waals surface area contributed by atoms with Crippen LogP contribution in [0.25, 0.3) is 0 Å². The lowest BCUT2D eigenvalue weighted by Gasteiger charge is -2.43. The van der Waals surface area contributed by atoms with Crippen LogP contribution < -0.4 is 10.4 Å². The van der Waals surface area contributed by atoms with Gasteiger partial charge < -0.3 is 18.5 Å². The molecule has 0 aliphatic carbocycles. The molecular formula is C38H48N2O5Si. The summed E-state index contributed by atoms with van der Waals surface area (Å²) in [5, 5.41) is 2.32. The average molecular weight is 641 g/mol. The Hall–Kier alpha value is -4.14. The van der Waals surface area contributed by atoms with Gasteiger partial charge in [-0.25, -0.2) is 4.79 Å². The number of hydrogen-bond acceptors (Lipinski definition) is 5. The highest BCUT2D eigenvalue weighted by atomic mass is 28.4. The van der Waals surface area contributed by atoms with Crippen LogP contribution in [0.1, 0.15) is 58.4 Å². The molecule has 46 heavy (non-hydrogen) atoms. The Morgan fingerprint density at radius 3 is 1.83 bits per heavy atom. The first-order valence-corrected chi connectivity index (χ1v) is 17.9. The molecule has 0 unspecified atom stereocenters. The number of rotatable bonds is 13. The van der Waals surface area contributed by atoms with Crippen molar-refractivity contribution in [1.29, 1.82) is 0 Å². The molecule has 2 amide bonds. The van der Waals surface area contributed by atoms with Gasteiger partial charge in [-0.3, -0.25) is 9.69 Å². The van der Waals surface area contributed by atoms with Crippen molar-refractivity contribution >= 4 is 30.7 Å². The summed E-state index contributed by atoms with van der Waals surface area (Å²) in [4.78, 5) is 29.8. The first-order valence-electron chi connectivity index (χ1n) is 16.0. The van der Waals surface area contributed by atoms with E-state index in [1.165, 1.54) is 15.3 Å². The minimum atomic E-state index is -2.71. The maximum absolute atomic E-state index is 13.8. The lowest BCUT2D eigenvalue weighted by atomic mass is 9.94. The van der Waals surface area contributed by atoms with Crippen molar-refractivity contribution in [3.63, 3.8) is 0 Å². The molecule has 3 atom stereocenters. The van der Waals surface area contributed by atoms with Crippen molar-refractivity contribution in [3.8, 4) is 0 Å². The van der Waals surface area contributed by atoms with Crippen molar-refractivity contribution in [2.75, 3.05) is 20.7 Å². The van der Waals surface area contributed by atoms with E-state index in [2.05, 4.69) is 76.2 Å². The van der Waals surface area contributed by atoms with E-state index < -0.39 is 20.5 Å². The summed E-state index contributed by atoms with van der Waals surface area (Å²) in [6, 6.07) is 33.3. The van der Waals surface area contributed by atoms with Gasteiger partial charge >= 0.3 is 6.09 Å². The van der Waals surface area contributed by atoms with Crippen LogP contribution in [0.15, 0.2) is 114 Å². The third-order valence-electron chi connectivity index (χ3n) is 8.88. The maximum atomic E-state index is 13.8. The fourth-order valence-corrected chi connectivity index (χ4v) is 10.8. The Morgan fingerprint density at radius 2 is 1.33 bits per heavy atom. The molecule has 4 rings (SSSR count). The van der Waals surface area contributed by atoms with Crippen LogP contribution in [-0.2, 0) is 20.6 Å². The standard InChI is InChI=1S/C38H48N2O5Si/c1-29(25-27-45-46(38(3,4)5,32-20-13-9-14-21-32)33-22-15-10-16-23-33)35(34-24-17-26-43-34)40(7)36(41)30(2)39(6)37(42)44-28-31-18-11-8-12-19-31/h8-24,26,29-30,35H,25,27-28H2,1-7H3/t29-,30-,35+/m1/s1. The van der Waals surface area contributed by atoms with Crippen LogP contribution >= 0.6 is 0 Å². The monoisotopic (exact) mass is 640 g/mol. The van der Waals surface area contributed by atoms with E-state index in [0.29, 0.717) is 18.8 Å². The minimum Gasteiger partial charge on any atom is -0.467 e. The summed E-state index contributed by atoms with van der Waals surface area (Å²) in [7, 11) is 0.656. The molecule has 0 fully saturated rings. The molecule has 0 bridgehead atoms. The lowest BCUT2D eigenvalue weighted by molar-refractivity contribution is -0.138. The SMILES string of the molecule is C[C@H](CCO[Si](c1ccccc1)(c1ccccc1)C(C)(C)C)[C@@H](c1ccco1)N(C)C(=O)[C@@H](C)N(C)C(=O)OCc1ccccc1. The van der Waals surface area contributed by atoms with E-state index in [4.69, 9.17) is 13.6 Å². The Kier molecular flexibility index (Phi) is 11.6. The number of furan rings is 1. The highest BCUT2D eigenvalue weighted by molar-refractivity contribution is 6.99. The molecule has 244 valence electrons. The number of likely N-dealkylation sites (N-methyl/N-ethyl adjacent to an activating group) is 2. The number of ether oxygens (including phenoxy) is 1. The number of nitrogens with zero attached hydrogens (tertiary/aromatic N) is 2. The van der Waals surface area contributed by atoms with Gasteiger partial charge in [-0.1, -0.05) is 119 Å². The van der Waals surface area contributed by atoms with Crippen molar-refractivity contribution in [3.05, 3.63) is 121 Å². The van der Waals surface area contributed by atoms with Crippen molar-refractivity contribution < 1.29 is 23.2 Å². The molecule has 4 aromatic rings. The zero-order valence-electron chi connectivity index (χ0n) is 28.2. The summed E-state index contributed by atoms with van der Waals surface area (Å²) >= 11 is 0. The van der Waals surface area contributed by atoms with Gasteiger partial charge in [0, 0.05) is 20.7 Å². The third-order valence-corrected chi connectivity index (χ3v) is 13.9. The van der Waals surface area contributed by atoms with Gasteiger partial charge in [-0.2, -0.15) is 0 Å². The molecule has 0 aliphatic heterocycles. The van der Waals surface area contributed by atoms with Crippen LogP contribution in [0.5, 0.6) is 0 Å². The van der Waals surface area contributed by atoms with Crippen LogP contribution in [-0.4, -0.2) is 56.9 Å². The highest BCUT2D eigenvalue weighted by Gasteiger charge is 2.50. The van der Waals surface area contributed by atoms with Crippen molar-refractivity contribution in [2.45, 2.75) is 64.8 Å². The van der Waals surface area contributed by atoms with Gasteiger partial charge in [0.05, 0.1) is 12.3 Å². The summed E-state index contributed by atoms with van der Waals surface area (Å²) in [6.45, 7) is 11.3. The number of amides is 2. The minimum absolute atomic E-state index is 0.0131. The Labute approximate surface area is 275 Å². The van der Waals surface area contributed by atoms with Crippen molar-refractivity contribution in [1.82, 2.24) is 9.80 Å². The molecule has 0 aliphatic rings. The Balaban J connectivity index is 1.51. The van der Waals surface area contributed by atoms with Gasteiger partial charge in [0.15, 0.2) is 0 Å². The second kappa shape index (κ2) is 15.4. The van der Waals surface area contributed by atoms with Gasteiger partial charge in [0.25, 0.3) is 8.32 Å². The zero-order chi connectivity index (χ0) is 33.3. The zero-order valence-corrected chi connectivity index (χ0v) is 29.2. The first kappa shape index (κ1) is 34.7. The van der Waals surface area contributed by atoms with Crippen molar-refractivity contribution in [2.24, 2.45) is 5.92 Å². The van der Waals surface area contributed by atoms with E-state index >= 15 is 0 Å². The quantitative estimate of drug-likeness (QED) is 0.147. The van der Waals surface area contributed by atoms with Crippen LogP contribution in [0.4, 0.5) is 4.79 Å². The third kappa shape index (κ3) is 7.80. The fourth-order valence-electron chi connectivity index (χ4n) is 6.21. The highest BCUT2D eigenvalue weighted by Crippen LogP contribution is 2.38. The molecule has 7 nitrogen and oxygen atoms in total. The van der Waals surface area contributed by atoms with Crippen LogP contribution in [0.2, 0.25) is 5.04 Å². The number of carbonyl (C=O) groups excluding carboxylic acids is 2. The molecular weight excluding hydrogens is 593 g/mol. The Bertz CT molecular complexity index is 1470. The maximum Gasteiger partial charge on any atom is 0.410 e. The van der Waals surface area contributed by atoms with Gasteiger partial charge in [0.2, 0.25) is 5.91 Å². The molecule has 8 heteroatoms. The summed E-state index contributed by atoms with van der Waals surface area (Å²) in [5.41, 5.74) is 0.882. The number of benzene rings is 3. The number of hydrogen-bond donors (Lipinski definition) is 0. The van der Waals surface area contributed by atoms with E-state index in [1.807, 2.05) is 54.6 Å². The molecule has 0 N–H and O–H groups in total. The smallest absolute Gasteiger partial charge is 0.410 e. The molecule has 0 spiro atoms. The van der Waals surface area contributed by atoms with E-state index in [0.717, 1.165) is 5.56 Å². The first-order chi connectivity index (χ1) is 22.0. The average Bonchev–Trinajstić information content (AvgIpc) is 3.59. The molecule has 0 saturated carbocycles. The molecule has 0 radical (unpaired) electrons. The molecule has 3 aromatic carbocycles. The molecule has 1 aromatic heterocycles. The fraction of sp³-hybridized carbons (Fsp3) is 0.368. The van der Waals surface area contributed by atoms with E-state index in [1.54, 1.807) is 32.2 Å². The predicted octanol–water partition coefficient (Wildman–Crippen LogP) is 7.04. The van der Waals surface area contributed by atoms with Gasteiger partial charge in [-0.15, -0.1) is 0 Å². The van der Waals surface area contributed by atoms with Gasteiger partial charge in [-0.05, 0) is 52.4 Å². The molecule has 0 saturated heterocycles. The summed E-state index contributed by atoms with van der Waals surface area (Å²) < 4.78 is 18.5. The predicted molar refractivity (Wildman–Crippen MR) is 185 cm³/mol. The van der Waals surface area contributed by atoms with Crippen LogP contribution in [0, 0.1) is 5.92 Å². The van der Waals surface area contributed by atoms with Gasteiger partial charge in [0.1, 0.15) is 18.4 Å². The topological polar surface area (TPSA) is 72.2 Å².